The normalized spacial score (nSPS) is 20.8. The molecule has 1 aromatic rings. The lowest BCUT2D eigenvalue weighted by Crippen LogP contribution is -2.20. The van der Waals surface area contributed by atoms with Crippen LogP contribution in [-0.2, 0) is 5.41 Å². The van der Waals surface area contributed by atoms with E-state index in [1.807, 2.05) is 6.07 Å². The number of rotatable bonds is 2. The van der Waals surface area contributed by atoms with Gasteiger partial charge in [-0.05, 0) is 30.5 Å². The molecule has 2 N–H and O–H groups in total. The minimum Gasteiger partial charge on any atom is -0.489 e. The van der Waals surface area contributed by atoms with Crippen LogP contribution in [0.5, 0.6) is 11.5 Å². The quantitative estimate of drug-likeness (QED) is 0.855. The molecule has 1 aliphatic heterocycles. The highest BCUT2D eigenvalue weighted by molar-refractivity contribution is 5.48. The Morgan fingerprint density at radius 1 is 1.24 bits per heavy atom. The number of ether oxygens (including phenoxy) is 2. The summed E-state index contributed by atoms with van der Waals surface area (Å²) in [6.45, 7) is 1.64. The summed E-state index contributed by atoms with van der Waals surface area (Å²) in [7, 11) is 0. The van der Waals surface area contributed by atoms with Gasteiger partial charge in [0.05, 0.1) is 13.2 Å². The summed E-state index contributed by atoms with van der Waals surface area (Å²) in [5.41, 5.74) is 6.69. The van der Waals surface area contributed by atoms with E-state index in [0.29, 0.717) is 25.5 Å². The van der Waals surface area contributed by atoms with Crippen LogP contribution in [0.4, 0.5) is 4.39 Å². The summed E-state index contributed by atoms with van der Waals surface area (Å²) in [6.07, 6.45) is 2.84. The molecule has 2 aliphatic rings. The predicted octanol–water partition coefficient (Wildman–Crippen LogP) is 1.98. The lowest BCUT2D eigenvalue weighted by Gasteiger charge is -2.16. The van der Waals surface area contributed by atoms with Crippen molar-refractivity contribution in [1.82, 2.24) is 0 Å². The minimum atomic E-state index is -0.334. The van der Waals surface area contributed by atoms with Crippen LogP contribution < -0.4 is 15.2 Å². The molecular formula is C13H16FNO2. The van der Waals surface area contributed by atoms with E-state index in [1.54, 1.807) is 6.07 Å². The summed E-state index contributed by atoms with van der Waals surface area (Å²) < 4.78 is 24.9. The highest BCUT2D eigenvalue weighted by Crippen LogP contribution is 2.49. The first-order valence-electron chi connectivity index (χ1n) is 6.05. The van der Waals surface area contributed by atoms with Crippen LogP contribution in [0.3, 0.4) is 0 Å². The molecule has 0 atom stereocenters. The number of halogens is 1. The van der Waals surface area contributed by atoms with E-state index in [1.165, 1.54) is 0 Å². The second kappa shape index (κ2) is 3.88. The fraction of sp³-hybridized carbons (Fsp3) is 0.538. The van der Waals surface area contributed by atoms with Gasteiger partial charge in [-0.3, -0.25) is 0 Å². The van der Waals surface area contributed by atoms with Crippen molar-refractivity contribution in [1.29, 1.82) is 0 Å². The number of hydrogen-bond donors (Lipinski definition) is 1. The zero-order chi connectivity index (χ0) is 11.9. The Morgan fingerprint density at radius 2 is 2.00 bits per heavy atom. The summed E-state index contributed by atoms with van der Waals surface area (Å²) in [6, 6.07) is 3.44. The van der Waals surface area contributed by atoms with E-state index in [0.717, 1.165) is 24.8 Å². The molecule has 0 spiro atoms. The molecule has 0 radical (unpaired) electrons. The van der Waals surface area contributed by atoms with Crippen LogP contribution in [0.15, 0.2) is 12.1 Å². The Morgan fingerprint density at radius 3 is 2.71 bits per heavy atom. The molecule has 1 saturated carbocycles. The van der Waals surface area contributed by atoms with Gasteiger partial charge in [0.2, 0.25) is 0 Å². The fourth-order valence-corrected chi connectivity index (χ4v) is 2.30. The monoisotopic (exact) mass is 237 g/mol. The first-order valence-corrected chi connectivity index (χ1v) is 6.05. The average Bonchev–Trinajstić information content (AvgIpc) is 3.13. The van der Waals surface area contributed by atoms with E-state index in [4.69, 9.17) is 15.2 Å². The van der Waals surface area contributed by atoms with Gasteiger partial charge in [0.25, 0.3) is 0 Å². The largest absolute Gasteiger partial charge is 0.489 e. The van der Waals surface area contributed by atoms with E-state index < -0.39 is 0 Å². The Labute approximate surface area is 99.7 Å². The molecule has 92 valence electrons. The van der Waals surface area contributed by atoms with E-state index >= 15 is 0 Å². The molecule has 1 heterocycles. The van der Waals surface area contributed by atoms with Crippen molar-refractivity contribution in [2.75, 3.05) is 19.8 Å². The zero-order valence-electron chi connectivity index (χ0n) is 9.67. The fourth-order valence-electron chi connectivity index (χ4n) is 2.30. The van der Waals surface area contributed by atoms with E-state index in [9.17, 15) is 4.39 Å². The third kappa shape index (κ3) is 1.76. The topological polar surface area (TPSA) is 44.5 Å². The van der Waals surface area contributed by atoms with E-state index in [-0.39, 0.29) is 17.0 Å². The van der Waals surface area contributed by atoms with Gasteiger partial charge in [-0.1, -0.05) is 0 Å². The molecule has 3 nitrogen and oxygen atoms in total. The van der Waals surface area contributed by atoms with Crippen molar-refractivity contribution in [3.63, 3.8) is 0 Å². The standard InChI is InChI=1S/C13H16FNO2/c14-10-6-9(13(8-15)2-3-13)7-11-12(10)17-5-1-4-16-11/h6-7H,1-5,8,15H2. The molecule has 4 heteroatoms. The molecule has 0 amide bonds. The smallest absolute Gasteiger partial charge is 0.197 e. The maximum Gasteiger partial charge on any atom is 0.197 e. The molecule has 0 aromatic heterocycles. The summed E-state index contributed by atoms with van der Waals surface area (Å²) >= 11 is 0. The highest BCUT2D eigenvalue weighted by atomic mass is 19.1. The Kier molecular flexibility index (Phi) is 2.47. The van der Waals surface area contributed by atoms with Crippen LogP contribution in [-0.4, -0.2) is 19.8 Å². The summed E-state index contributed by atoms with van der Waals surface area (Å²) in [5.74, 6) is 0.440. The van der Waals surface area contributed by atoms with E-state index in [2.05, 4.69) is 0 Å². The van der Waals surface area contributed by atoms with Crippen LogP contribution in [0.1, 0.15) is 24.8 Å². The Bertz CT molecular complexity index is 443. The second-order valence-electron chi connectivity index (χ2n) is 4.82. The first kappa shape index (κ1) is 10.8. The average molecular weight is 237 g/mol. The number of nitrogens with two attached hydrogens (primary N) is 1. The van der Waals surface area contributed by atoms with Gasteiger partial charge in [-0.25, -0.2) is 4.39 Å². The number of benzene rings is 1. The first-order chi connectivity index (χ1) is 8.25. The molecule has 1 aliphatic carbocycles. The van der Waals surface area contributed by atoms with Crippen molar-refractivity contribution < 1.29 is 13.9 Å². The highest BCUT2D eigenvalue weighted by Gasteiger charge is 2.43. The lowest BCUT2D eigenvalue weighted by atomic mass is 9.95. The molecular weight excluding hydrogens is 221 g/mol. The SMILES string of the molecule is NCC1(c2cc(F)c3c(c2)OCCCO3)CC1. The van der Waals surface area contributed by atoms with Crippen molar-refractivity contribution in [3.05, 3.63) is 23.5 Å². The Hall–Kier alpha value is -1.29. The molecule has 17 heavy (non-hydrogen) atoms. The number of hydrogen-bond acceptors (Lipinski definition) is 3. The minimum absolute atomic E-state index is 0.0223. The van der Waals surface area contributed by atoms with Crippen LogP contribution in [0.2, 0.25) is 0 Å². The lowest BCUT2D eigenvalue weighted by molar-refractivity contribution is 0.292. The maximum absolute atomic E-state index is 14.0. The zero-order valence-corrected chi connectivity index (χ0v) is 9.67. The van der Waals surface area contributed by atoms with Gasteiger partial charge < -0.3 is 15.2 Å². The second-order valence-corrected chi connectivity index (χ2v) is 4.82. The molecule has 1 aromatic carbocycles. The summed E-state index contributed by atoms with van der Waals surface area (Å²) in [4.78, 5) is 0. The Balaban J connectivity index is 2.03. The van der Waals surface area contributed by atoms with Crippen molar-refractivity contribution >= 4 is 0 Å². The molecule has 0 unspecified atom stereocenters. The van der Waals surface area contributed by atoms with Gasteiger partial charge in [0.15, 0.2) is 17.3 Å². The molecule has 0 saturated heterocycles. The van der Waals surface area contributed by atoms with Crippen molar-refractivity contribution in [2.24, 2.45) is 5.73 Å². The van der Waals surface area contributed by atoms with Gasteiger partial charge in [-0.15, -0.1) is 0 Å². The number of fused-ring (bicyclic) bond motifs is 1. The molecule has 0 bridgehead atoms. The van der Waals surface area contributed by atoms with Crippen LogP contribution in [0, 0.1) is 5.82 Å². The van der Waals surface area contributed by atoms with Gasteiger partial charge >= 0.3 is 0 Å². The third-order valence-corrected chi connectivity index (χ3v) is 3.66. The van der Waals surface area contributed by atoms with Crippen LogP contribution >= 0.6 is 0 Å². The van der Waals surface area contributed by atoms with Gasteiger partial charge in [-0.2, -0.15) is 0 Å². The van der Waals surface area contributed by atoms with Crippen molar-refractivity contribution in [3.8, 4) is 11.5 Å². The molecule has 3 rings (SSSR count). The maximum atomic E-state index is 14.0. The predicted molar refractivity (Wildman–Crippen MR) is 62.0 cm³/mol. The van der Waals surface area contributed by atoms with Crippen molar-refractivity contribution in [2.45, 2.75) is 24.7 Å². The molecule has 1 fully saturated rings. The van der Waals surface area contributed by atoms with Gasteiger partial charge in [0.1, 0.15) is 0 Å². The van der Waals surface area contributed by atoms with Crippen LogP contribution in [0.25, 0.3) is 0 Å². The van der Waals surface area contributed by atoms with Gasteiger partial charge in [0, 0.05) is 18.4 Å². The third-order valence-electron chi connectivity index (χ3n) is 3.66. The summed E-state index contributed by atoms with van der Waals surface area (Å²) in [5, 5.41) is 0.